The van der Waals surface area contributed by atoms with Gasteiger partial charge in [-0.1, -0.05) is 18.2 Å². The number of nitrogens with zero attached hydrogens (tertiary/aromatic N) is 2. The van der Waals surface area contributed by atoms with Crippen molar-refractivity contribution in [3.8, 4) is 5.75 Å². The number of hydrogen-bond donors (Lipinski definition) is 1. The lowest BCUT2D eigenvalue weighted by Gasteiger charge is -2.37. The summed E-state index contributed by atoms with van der Waals surface area (Å²) >= 11 is 0. The number of ether oxygens (including phenoxy) is 2. The number of carbonyl (C=O) groups excluding carboxylic acids is 1. The molecular formula is C28H30F3N3O3. The fourth-order valence-corrected chi connectivity index (χ4v) is 5.24. The molecular weight excluding hydrogens is 483 g/mol. The summed E-state index contributed by atoms with van der Waals surface area (Å²) in [6.07, 6.45) is 0.391. The van der Waals surface area contributed by atoms with E-state index >= 15 is 0 Å². The second-order valence-electron chi connectivity index (χ2n) is 9.72. The van der Waals surface area contributed by atoms with Crippen molar-refractivity contribution in [2.45, 2.75) is 38.2 Å². The van der Waals surface area contributed by atoms with E-state index < -0.39 is 23.8 Å². The average Bonchev–Trinajstić information content (AvgIpc) is 2.87. The minimum Gasteiger partial charge on any atom is -0.496 e. The van der Waals surface area contributed by atoms with Crippen molar-refractivity contribution < 1.29 is 27.4 Å². The lowest BCUT2D eigenvalue weighted by atomic mass is 9.87. The Hall–Kier alpha value is -3.33. The first kappa shape index (κ1) is 25.3. The SMILES string of the molecule is COc1cc2nccc(N[C@H](C)c3cccc(C(F)F)c3F)c2cc1C1CCN(C(=O)C2COC2)CC1. The van der Waals surface area contributed by atoms with Crippen LogP contribution in [0.5, 0.6) is 5.75 Å². The monoisotopic (exact) mass is 513 g/mol. The third-order valence-corrected chi connectivity index (χ3v) is 7.46. The second-order valence-corrected chi connectivity index (χ2v) is 9.72. The van der Waals surface area contributed by atoms with Crippen molar-refractivity contribution in [3.05, 3.63) is 65.1 Å². The predicted octanol–water partition coefficient (Wildman–Crippen LogP) is 5.85. The van der Waals surface area contributed by atoms with Gasteiger partial charge in [-0.25, -0.2) is 13.2 Å². The summed E-state index contributed by atoms with van der Waals surface area (Å²) in [5.74, 6) is 0.195. The highest BCUT2D eigenvalue weighted by Crippen LogP contribution is 2.39. The number of benzene rings is 2. The van der Waals surface area contributed by atoms with Gasteiger partial charge in [0.1, 0.15) is 11.6 Å². The maximum atomic E-state index is 14.8. The van der Waals surface area contributed by atoms with Gasteiger partial charge in [0.05, 0.1) is 43.4 Å². The second kappa shape index (κ2) is 10.6. The highest BCUT2D eigenvalue weighted by Gasteiger charge is 2.33. The highest BCUT2D eigenvalue weighted by molar-refractivity contribution is 5.93. The van der Waals surface area contributed by atoms with E-state index in [-0.39, 0.29) is 23.3 Å². The minimum absolute atomic E-state index is 0.0142. The third kappa shape index (κ3) is 4.97. The minimum atomic E-state index is -2.88. The Morgan fingerprint density at radius 1 is 1.16 bits per heavy atom. The fourth-order valence-electron chi connectivity index (χ4n) is 5.24. The molecule has 1 aromatic heterocycles. The van der Waals surface area contributed by atoms with Crippen molar-refractivity contribution in [2.24, 2.45) is 5.92 Å². The summed E-state index contributed by atoms with van der Waals surface area (Å²) in [7, 11) is 1.63. The first-order chi connectivity index (χ1) is 17.9. The van der Waals surface area contributed by atoms with E-state index in [0.29, 0.717) is 31.8 Å². The van der Waals surface area contributed by atoms with Crippen LogP contribution in [0, 0.1) is 11.7 Å². The van der Waals surface area contributed by atoms with Gasteiger partial charge in [0.25, 0.3) is 6.43 Å². The standard InChI is InChI=1S/C28H30F3N3O3/c1-16(19-4-3-5-20(26(19)29)27(30)31)33-23-6-9-32-24-13-25(36-2)21(12-22(23)24)17-7-10-34(11-8-17)28(35)18-14-37-15-18/h3-6,9,12-13,16-18,27H,7-8,10-11,14-15H2,1-2H3,(H,32,33)/t16-/m1/s1. The smallest absolute Gasteiger partial charge is 0.266 e. The quantitative estimate of drug-likeness (QED) is 0.430. The molecule has 3 heterocycles. The number of carbonyl (C=O) groups is 1. The molecule has 2 aromatic carbocycles. The molecule has 3 aromatic rings. The zero-order valence-electron chi connectivity index (χ0n) is 20.8. The molecule has 1 amide bonds. The van der Waals surface area contributed by atoms with E-state index in [0.717, 1.165) is 41.3 Å². The Labute approximate surface area is 213 Å². The largest absolute Gasteiger partial charge is 0.496 e. The number of hydrogen-bond acceptors (Lipinski definition) is 5. The van der Waals surface area contributed by atoms with Gasteiger partial charge in [-0.2, -0.15) is 0 Å². The van der Waals surface area contributed by atoms with E-state index in [1.165, 1.54) is 12.1 Å². The molecule has 37 heavy (non-hydrogen) atoms. The van der Waals surface area contributed by atoms with Crippen LogP contribution in [0.2, 0.25) is 0 Å². The molecule has 9 heteroatoms. The molecule has 0 saturated carbocycles. The number of likely N-dealkylation sites (tertiary alicyclic amines) is 1. The molecule has 2 aliphatic heterocycles. The summed E-state index contributed by atoms with van der Waals surface area (Å²) in [6.45, 7) is 4.11. The van der Waals surface area contributed by atoms with Gasteiger partial charge in [0, 0.05) is 42.0 Å². The van der Waals surface area contributed by atoms with E-state index in [4.69, 9.17) is 9.47 Å². The highest BCUT2D eigenvalue weighted by atomic mass is 19.3. The van der Waals surface area contributed by atoms with Crippen LogP contribution in [0.3, 0.4) is 0 Å². The van der Waals surface area contributed by atoms with Crippen LogP contribution in [0.15, 0.2) is 42.6 Å². The van der Waals surface area contributed by atoms with Crippen molar-refractivity contribution in [1.29, 1.82) is 0 Å². The lowest BCUT2D eigenvalue weighted by molar-refractivity contribution is -0.150. The van der Waals surface area contributed by atoms with Crippen LogP contribution >= 0.6 is 0 Å². The lowest BCUT2D eigenvalue weighted by Crippen LogP contribution is -2.47. The molecule has 0 spiro atoms. The number of nitrogens with one attached hydrogen (secondary N) is 1. The van der Waals surface area contributed by atoms with Crippen LogP contribution in [0.4, 0.5) is 18.9 Å². The Kier molecular flexibility index (Phi) is 7.24. The molecule has 2 aliphatic rings. The topological polar surface area (TPSA) is 63.7 Å². The van der Waals surface area contributed by atoms with Crippen molar-refractivity contribution in [1.82, 2.24) is 9.88 Å². The van der Waals surface area contributed by atoms with Crippen LogP contribution in [0.25, 0.3) is 10.9 Å². The molecule has 0 unspecified atom stereocenters. The molecule has 0 radical (unpaired) electrons. The molecule has 2 saturated heterocycles. The maximum absolute atomic E-state index is 14.8. The van der Waals surface area contributed by atoms with Crippen LogP contribution in [0.1, 0.15) is 54.8 Å². The Bertz CT molecular complexity index is 1290. The van der Waals surface area contributed by atoms with E-state index in [1.54, 1.807) is 26.3 Å². The zero-order valence-corrected chi connectivity index (χ0v) is 20.8. The molecule has 5 rings (SSSR count). The number of aromatic nitrogens is 1. The fraction of sp³-hybridized carbons (Fsp3) is 0.429. The van der Waals surface area contributed by atoms with Gasteiger partial charge in [0.2, 0.25) is 5.91 Å². The van der Waals surface area contributed by atoms with Gasteiger partial charge in [-0.05, 0) is 43.4 Å². The van der Waals surface area contributed by atoms with Crippen LogP contribution in [-0.4, -0.2) is 49.2 Å². The molecule has 0 bridgehead atoms. The van der Waals surface area contributed by atoms with E-state index in [9.17, 15) is 18.0 Å². The van der Waals surface area contributed by atoms with E-state index in [2.05, 4.69) is 10.3 Å². The molecule has 6 nitrogen and oxygen atoms in total. The Balaban J connectivity index is 1.41. The molecule has 1 atom stereocenters. The number of piperidine rings is 1. The van der Waals surface area contributed by atoms with Crippen molar-refractivity contribution >= 4 is 22.5 Å². The number of methoxy groups -OCH3 is 1. The predicted molar refractivity (Wildman–Crippen MR) is 135 cm³/mol. The number of fused-ring (bicyclic) bond motifs is 1. The first-order valence-electron chi connectivity index (χ1n) is 12.5. The number of rotatable bonds is 7. The molecule has 0 aliphatic carbocycles. The molecule has 1 N–H and O–H groups in total. The summed E-state index contributed by atoms with van der Waals surface area (Å²) < 4.78 is 52.1. The number of amides is 1. The van der Waals surface area contributed by atoms with E-state index in [1.807, 2.05) is 17.0 Å². The Morgan fingerprint density at radius 2 is 1.89 bits per heavy atom. The maximum Gasteiger partial charge on any atom is 0.266 e. The average molecular weight is 514 g/mol. The third-order valence-electron chi connectivity index (χ3n) is 7.46. The van der Waals surface area contributed by atoms with Crippen LogP contribution < -0.4 is 10.1 Å². The summed E-state index contributed by atoms with van der Waals surface area (Å²) in [4.78, 5) is 19.0. The number of anilines is 1. The zero-order chi connectivity index (χ0) is 26.1. The number of alkyl halides is 2. The number of halogens is 3. The van der Waals surface area contributed by atoms with Crippen molar-refractivity contribution in [2.75, 3.05) is 38.7 Å². The van der Waals surface area contributed by atoms with Gasteiger partial charge in [0.15, 0.2) is 0 Å². The first-order valence-corrected chi connectivity index (χ1v) is 12.5. The molecule has 2 fully saturated rings. The summed E-state index contributed by atoms with van der Waals surface area (Å²) in [5.41, 5.74) is 2.03. The van der Waals surface area contributed by atoms with Gasteiger partial charge < -0.3 is 19.7 Å². The number of pyridine rings is 1. The van der Waals surface area contributed by atoms with Gasteiger partial charge in [-0.15, -0.1) is 0 Å². The normalized spacial score (nSPS) is 17.6. The Morgan fingerprint density at radius 3 is 2.54 bits per heavy atom. The summed E-state index contributed by atoms with van der Waals surface area (Å²) in [6, 6.07) is 9.25. The van der Waals surface area contributed by atoms with Gasteiger partial charge >= 0.3 is 0 Å². The summed E-state index contributed by atoms with van der Waals surface area (Å²) in [5, 5.41) is 4.13. The molecule has 196 valence electrons. The van der Waals surface area contributed by atoms with Crippen LogP contribution in [-0.2, 0) is 9.53 Å². The van der Waals surface area contributed by atoms with Gasteiger partial charge in [-0.3, -0.25) is 9.78 Å². The van der Waals surface area contributed by atoms with Crippen molar-refractivity contribution in [3.63, 3.8) is 0 Å².